The van der Waals surface area contributed by atoms with Gasteiger partial charge in [0.05, 0.1) is 22.7 Å². The second-order valence-electron chi connectivity index (χ2n) is 6.11. The molecule has 150 valence electrons. The lowest BCUT2D eigenvalue weighted by Crippen LogP contribution is -2.04. The van der Waals surface area contributed by atoms with Gasteiger partial charge >= 0.3 is 5.97 Å². The van der Waals surface area contributed by atoms with Gasteiger partial charge in [-0.2, -0.15) is 0 Å². The van der Waals surface area contributed by atoms with Crippen LogP contribution < -0.4 is 14.8 Å². The van der Waals surface area contributed by atoms with Crippen molar-refractivity contribution in [1.82, 2.24) is 4.98 Å². The molecule has 0 bridgehead atoms. The van der Waals surface area contributed by atoms with Crippen molar-refractivity contribution in [2.75, 3.05) is 12.4 Å². The molecule has 0 saturated heterocycles. The van der Waals surface area contributed by atoms with E-state index < -0.39 is 5.97 Å². The molecule has 0 aliphatic heterocycles. The number of benzene rings is 2. The summed E-state index contributed by atoms with van der Waals surface area (Å²) in [4.78, 5) is 15.1. The summed E-state index contributed by atoms with van der Waals surface area (Å²) in [5.41, 5.74) is 2.51. The van der Waals surface area contributed by atoms with Gasteiger partial charge in [0, 0.05) is 30.2 Å². The first kappa shape index (κ1) is 20.8. The predicted molar refractivity (Wildman–Crippen MR) is 112 cm³/mol. The number of nitrogens with one attached hydrogen (secondary N) is 1. The van der Waals surface area contributed by atoms with Gasteiger partial charge in [0.1, 0.15) is 6.61 Å². The Labute approximate surface area is 178 Å². The van der Waals surface area contributed by atoms with Crippen LogP contribution in [0.5, 0.6) is 11.5 Å². The number of anilines is 1. The largest absolute Gasteiger partial charge is 0.493 e. The summed E-state index contributed by atoms with van der Waals surface area (Å²) in [5, 5.41) is 12.8. The molecule has 0 saturated carbocycles. The Kier molecular flexibility index (Phi) is 6.80. The maximum Gasteiger partial charge on any atom is 0.337 e. The van der Waals surface area contributed by atoms with Crippen molar-refractivity contribution in [3.63, 3.8) is 0 Å². The van der Waals surface area contributed by atoms with Crippen LogP contribution in [0.3, 0.4) is 0 Å². The van der Waals surface area contributed by atoms with E-state index in [0.29, 0.717) is 35.4 Å². The number of carbonyl (C=O) groups is 1. The van der Waals surface area contributed by atoms with Gasteiger partial charge in [0.15, 0.2) is 11.5 Å². The van der Waals surface area contributed by atoms with Crippen LogP contribution in [0.25, 0.3) is 0 Å². The SMILES string of the molecule is COc1cc(CNc2ccc(C(=O)O)c(Cl)c2)cc(Cl)c1OCc1cccnc1. The van der Waals surface area contributed by atoms with E-state index in [-0.39, 0.29) is 10.6 Å². The molecule has 6 nitrogen and oxygen atoms in total. The molecule has 3 aromatic rings. The zero-order chi connectivity index (χ0) is 20.8. The monoisotopic (exact) mass is 432 g/mol. The number of aromatic nitrogens is 1. The van der Waals surface area contributed by atoms with E-state index >= 15 is 0 Å². The highest BCUT2D eigenvalue weighted by atomic mass is 35.5. The highest BCUT2D eigenvalue weighted by molar-refractivity contribution is 6.33. The normalized spacial score (nSPS) is 10.4. The number of hydrogen-bond acceptors (Lipinski definition) is 5. The Morgan fingerprint density at radius 2 is 1.97 bits per heavy atom. The van der Waals surface area contributed by atoms with Crippen molar-refractivity contribution in [3.05, 3.63) is 81.6 Å². The second kappa shape index (κ2) is 9.49. The molecule has 1 heterocycles. The van der Waals surface area contributed by atoms with Crippen LogP contribution in [0.2, 0.25) is 10.0 Å². The zero-order valence-corrected chi connectivity index (χ0v) is 17.0. The fourth-order valence-corrected chi connectivity index (χ4v) is 3.21. The van der Waals surface area contributed by atoms with Crippen LogP contribution in [0, 0.1) is 0 Å². The van der Waals surface area contributed by atoms with Crippen molar-refractivity contribution >= 4 is 34.9 Å². The lowest BCUT2D eigenvalue weighted by molar-refractivity contribution is 0.0697. The van der Waals surface area contributed by atoms with Gasteiger partial charge in [-0.3, -0.25) is 4.98 Å². The van der Waals surface area contributed by atoms with Crippen molar-refractivity contribution in [2.24, 2.45) is 0 Å². The minimum Gasteiger partial charge on any atom is -0.493 e. The van der Waals surface area contributed by atoms with Crippen LogP contribution in [-0.2, 0) is 13.2 Å². The van der Waals surface area contributed by atoms with Gasteiger partial charge in [-0.1, -0.05) is 29.3 Å². The van der Waals surface area contributed by atoms with E-state index in [1.807, 2.05) is 18.2 Å². The van der Waals surface area contributed by atoms with Crippen LogP contribution >= 0.6 is 23.2 Å². The third kappa shape index (κ3) is 5.31. The third-order valence-electron chi connectivity index (χ3n) is 4.09. The smallest absolute Gasteiger partial charge is 0.337 e. The maximum absolute atomic E-state index is 11.0. The fourth-order valence-electron chi connectivity index (χ4n) is 2.66. The molecule has 0 atom stereocenters. The first-order chi connectivity index (χ1) is 14.0. The van der Waals surface area contributed by atoms with Crippen LogP contribution in [-0.4, -0.2) is 23.2 Å². The number of halogens is 2. The summed E-state index contributed by atoms with van der Waals surface area (Å²) < 4.78 is 11.3. The van der Waals surface area contributed by atoms with E-state index in [0.717, 1.165) is 11.1 Å². The molecule has 8 heteroatoms. The standard InChI is InChI=1S/C21H18Cl2N2O4/c1-28-19-8-14(11-25-15-4-5-16(21(26)27)17(22)9-15)7-18(23)20(19)29-12-13-3-2-6-24-10-13/h2-10,25H,11-12H2,1H3,(H,26,27). The molecule has 3 rings (SSSR count). The minimum absolute atomic E-state index is 0.0528. The molecule has 0 spiro atoms. The third-order valence-corrected chi connectivity index (χ3v) is 4.68. The summed E-state index contributed by atoms with van der Waals surface area (Å²) in [7, 11) is 1.55. The van der Waals surface area contributed by atoms with Crippen molar-refractivity contribution in [3.8, 4) is 11.5 Å². The van der Waals surface area contributed by atoms with Gasteiger partial charge in [-0.05, 0) is 42.0 Å². The highest BCUT2D eigenvalue weighted by Crippen LogP contribution is 2.37. The predicted octanol–water partition coefficient (Wildman–Crippen LogP) is 5.29. The molecular formula is C21H18Cl2N2O4. The van der Waals surface area contributed by atoms with Crippen LogP contribution in [0.4, 0.5) is 5.69 Å². The summed E-state index contributed by atoms with van der Waals surface area (Å²) in [6, 6.07) is 12.0. The van der Waals surface area contributed by atoms with E-state index in [1.54, 1.807) is 37.7 Å². The Bertz CT molecular complexity index is 1010. The average molecular weight is 433 g/mol. The quantitative estimate of drug-likeness (QED) is 0.503. The number of methoxy groups -OCH3 is 1. The molecule has 2 aromatic carbocycles. The van der Waals surface area contributed by atoms with E-state index in [4.69, 9.17) is 37.8 Å². The Hall–Kier alpha value is -2.96. The molecular weight excluding hydrogens is 415 g/mol. The van der Waals surface area contributed by atoms with Crippen molar-refractivity contribution in [2.45, 2.75) is 13.2 Å². The van der Waals surface area contributed by atoms with E-state index in [1.165, 1.54) is 6.07 Å². The topological polar surface area (TPSA) is 80.7 Å². The summed E-state index contributed by atoms with van der Waals surface area (Å²) in [5.74, 6) is -0.104. The highest BCUT2D eigenvalue weighted by Gasteiger charge is 2.13. The Balaban J connectivity index is 1.71. The number of pyridine rings is 1. The average Bonchev–Trinajstić information content (AvgIpc) is 2.71. The second-order valence-corrected chi connectivity index (χ2v) is 6.93. The van der Waals surface area contributed by atoms with Gasteiger partial charge < -0.3 is 19.9 Å². The molecule has 0 unspecified atom stereocenters. The summed E-state index contributed by atoms with van der Waals surface area (Å²) >= 11 is 12.4. The number of carboxylic acids is 1. The lowest BCUT2D eigenvalue weighted by Gasteiger charge is -2.15. The van der Waals surface area contributed by atoms with Crippen molar-refractivity contribution in [1.29, 1.82) is 0 Å². The van der Waals surface area contributed by atoms with E-state index in [9.17, 15) is 4.79 Å². The van der Waals surface area contributed by atoms with Gasteiger partial charge in [-0.15, -0.1) is 0 Å². The number of carboxylic acid groups (broad SMARTS) is 1. The van der Waals surface area contributed by atoms with Gasteiger partial charge in [-0.25, -0.2) is 4.79 Å². The first-order valence-corrected chi connectivity index (χ1v) is 9.38. The summed E-state index contributed by atoms with van der Waals surface area (Å²) in [6.45, 7) is 0.748. The van der Waals surface area contributed by atoms with Gasteiger partial charge in [0.25, 0.3) is 0 Å². The van der Waals surface area contributed by atoms with Gasteiger partial charge in [0.2, 0.25) is 0 Å². The van der Waals surface area contributed by atoms with Crippen molar-refractivity contribution < 1.29 is 19.4 Å². The number of rotatable bonds is 8. The number of nitrogens with zero attached hydrogens (tertiary/aromatic N) is 1. The molecule has 0 fully saturated rings. The fraction of sp³-hybridized carbons (Fsp3) is 0.143. The van der Waals surface area contributed by atoms with Crippen LogP contribution in [0.1, 0.15) is 21.5 Å². The molecule has 0 radical (unpaired) electrons. The molecule has 0 aliphatic carbocycles. The molecule has 0 amide bonds. The maximum atomic E-state index is 11.0. The Morgan fingerprint density at radius 1 is 1.14 bits per heavy atom. The molecule has 1 aromatic heterocycles. The lowest BCUT2D eigenvalue weighted by atomic mass is 10.1. The van der Waals surface area contributed by atoms with E-state index in [2.05, 4.69) is 10.3 Å². The van der Waals surface area contributed by atoms with Crippen LogP contribution in [0.15, 0.2) is 54.9 Å². The minimum atomic E-state index is -1.07. The number of hydrogen-bond donors (Lipinski definition) is 2. The first-order valence-electron chi connectivity index (χ1n) is 8.62. The zero-order valence-electron chi connectivity index (χ0n) is 15.5. The molecule has 0 aliphatic rings. The molecule has 29 heavy (non-hydrogen) atoms. The number of aromatic carboxylic acids is 1. The Morgan fingerprint density at radius 3 is 2.62 bits per heavy atom. The summed E-state index contributed by atoms with van der Waals surface area (Å²) in [6.07, 6.45) is 3.42. The number of ether oxygens (including phenoxy) is 2. The molecule has 2 N–H and O–H groups in total.